The zero-order valence-corrected chi connectivity index (χ0v) is 12.3. The van der Waals surface area contributed by atoms with Crippen LogP contribution in [0, 0.1) is 0 Å². The fourth-order valence-electron chi connectivity index (χ4n) is 2.18. The highest BCUT2D eigenvalue weighted by molar-refractivity contribution is 5.31. The molecule has 0 aromatic heterocycles. The normalized spacial score (nSPS) is 14.4. The molecular formula is C15H26N2O2. The molecule has 0 fully saturated rings. The summed E-state index contributed by atoms with van der Waals surface area (Å²) in [7, 11) is 1.72. The Bertz CT molecular complexity index is 369. The molecule has 19 heavy (non-hydrogen) atoms. The SMILES string of the molecule is CCCC(OC)C(NN)c1cccc(OC(C)C)c1. The van der Waals surface area contributed by atoms with Crippen molar-refractivity contribution in [3.63, 3.8) is 0 Å². The van der Waals surface area contributed by atoms with Crippen LogP contribution in [0.1, 0.15) is 45.2 Å². The van der Waals surface area contributed by atoms with Crippen LogP contribution in [0.2, 0.25) is 0 Å². The third-order valence-corrected chi connectivity index (χ3v) is 3.02. The molecule has 0 aliphatic rings. The summed E-state index contributed by atoms with van der Waals surface area (Å²) in [5, 5.41) is 0. The Morgan fingerprint density at radius 3 is 2.58 bits per heavy atom. The van der Waals surface area contributed by atoms with Crippen molar-refractivity contribution >= 4 is 0 Å². The topological polar surface area (TPSA) is 56.5 Å². The van der Waals surface area contributed by atoms with Gasteiger partial charge in [0.25, 0.3) is 0 Å². The van der Waals surface area contributed by atoms with E-state index in [4.69, 9.17) is 15.3 Å². The predicted octanol–water partition coefficient (Wildman–Crippen LogP) is 2.79. The van der Waals surface area contributed by atoms with Gasteiger partial charge in [-0.25, -0.2) is 0 Å². The van der Waals surface area contributed by atoms with Gasteiger partial charge in [0.1, 0.15) is 5.75 Å². The van der Waals surface area contributed by atoms with Crippen LogP contribution in [0.15, 0.2) is 24.3 Å². The van der Waals surface area contributed by atoms with E-state index in [0.717, 1.165) is 24.2 Å². The molecule has 4 heteroatoms. The Hall–Kier alpha value is -1.10. The first kappa shape index (κ1) is 16.0. The molecular weight excluding hydrogens is 240 g/mol. The van der Waals surface area contributed by atoms with E-state index in [1.54, 1.807) is 7.11 Å². The highest BCUT2D eigenvalue weighted by atomic mass is 16.5. The van der Waals surface area contributed by atoms with Crippen LogP contribution in [-0.4, -0.2) is 19.3 Å². The third kappa shape index (κ3) is 4.82. The maximum atomic E-state index is 5.71. The van der Waals surface area contributed by atoms with Crippen LogP contribution in [0.3, 0.4) is 0 Å². The summed E-state index contributed by atoms with van der Waals surface area (Å²) < 4.78 is 11.2. The minimum atomic E-state index is -0.0272. The molecule has 0 aliphatic carbocycles. The summed E-state index contributed by atoms with van der Waals surface area (Å²) in [6, 6.07) is 7.97. The van der Waals surface area contributed by atoms with Crippen molar-refractivity contribution in [1.82, 2.24) is 5.43 Å². The molecule has 2 atom stereocenters. The molecule has 0 aliphatic heterocycles. The lowest BCUT2D eigenvalue weighted by Gasteiger charge is -2.26. The van der Waals surface area contributed by atoms with Gasteiger partial charge in [-0.15, -0.1) is 0 Å². The van der Waals surface area contributed by atoms with Gasteiger partial charge in [-0.2, -0.15) is 0 Å². The van der Waals surface area contributed by atoms with Gasteiger partial charge in [0.2, 0.25) is 0 Å². The Kier molecular flexibility index (Phi) is 6.84. The molecule has 0 saturated carbocycles. The standard InChI is InChI=1S/C15H26N2O2/c1-5-7-14(18-4)15(17-16)12-8-6-9-13(10-12)19-11(2)3/h6,8-11,14-15,17H,5,7,16H2,1-4H3. The maximum Gasteiger partial charge on any atom is 0.120 e. The minimum absolute atomic E-state index is 0.0272. The van der Waals surface area contributed by atoms with Crippen molar-refractivity contribution in [2.24, 2.45) is 5.84 Å². The lowest BCUT2D eigenvalue weighted by atomic mass is 9.98. The Labute approximate surface area is 116 Å². The van der Waals surface area contributed by atoms with Crippen LogP contribution in [0.4, 0.5) is 0 Å². The van der Waals surface area contributed by atoms with Crippen LogP contribution in [-0.2, 0) is 4.74 Å². The second-order valence-corrected chi connectivity index (χ2v) is 4.95. The van der Waals surface area contributed by atoms with Crippen LogP contribution in [0.5, 0.6) is 5.75 Å². The van der Waals surface area contributed by atoms with Crippen molar-refractivity contribution < 1.29 is 9.47 Å². The molecule has 1 rings (SSSR count). The number of nitrogens with one attached hydrogen (secondary N) is 1. The van der Waals surface area contributed by atoms with Crippen molar-refractivity contribution in [1.29, 1.82) is 0 Å². The Morgan fingerprint density at radius 1 is 1.32 bits per heavy atom. The third-order valence-electron chi connectivity index (χ3n) is 3.02. The second kappa shape index (κ2) is 8.15. The van der Waals surface area contributed by atoms with Crippen molar-refractivity contribution in [2.45, 2.75) is 51.9 Å². The van der Waals surface area contributed by atoms with Crippen LogP contribution >= 0.6 is 0 Å². The van der Waals surface area contributed by atoms with Gasteiger partial charge in [-0.05, 0) is 38.0 Å². The number of hydrogen-bond acceptors (Lipinski definition) is 4. The largest absolute Gasteiger partial charge is 0.491 e. The molecule has 0 saturated heterocycles. The summed E-state index contributed by atoms with van der Waals surface area (Å²) >= 11 is 0. The fourth-order valence-corrected chi connectivity index (χ4v) is 2.18. The molecule has 4 nitrogen and oxygen atoms in total. The molecule has 108 valence electrons. The van der Waals surface area contributed by atoms with E-state index in [1.165, 1.54) is 0 Å². The number of methoxy groups -OCH3 is 1. The number of hydrogen-bond donors (Lipinski definition) is 2. The number of nitrogens with two attached hydrogens (primary N) is 1. The van der Waals surface area contributed by atoms with Gasteiger partial charge >= 0.3 is 0 Å². The van der Waals surface area contributed by atoms with E-state index < -0.39 is 0 Å². The molecule has 0 heterocycles. The van der Waals surface area contributed by atoms with Crippen LogP contribution < -0.4 is 16.0 Å². The molecule has 0 amide bonds. The van der Waals surface area contributed by atoms with Gasteiger partial charge in [0, 0.05) is 7.11 Å². The first-order valence-corrected chi connectivity index (χ1v) is 6.87. The van der Waals surface area contributed by atoms with E-state index in [0.29, 0.717) is 0 Å². The first-order chi connectivity index (χ1) is 9.12. The lowest BCUT2D eigenvalue weighted by Crippen LogP contribution is -2.37. The molecule has 3 N–H and O–H groups in total. The molecule has 1 aromatic rings. The quantitative estimate of drug-likeness (QED) is 0.561. The summed E-state index contributed by atoms with van der Waals surface area (Å²) in [4.78, 5) is 0. The summed E-state index contributed by atoms with van der Waals surface area (Å²) in [6.07, 6.45) is 2.23. The highest BCUT2D eigenvalue weighted by Crippen LogP contribution is 2.25. The highest BCUT2D eigenvalue weighted by Gasteiger charge is 2.21. The number of benzene rings is 1. The van der Waals surface area contributed by atoms with Gasteiger partial charge in [-0.3, -0.25) is 11.3 Å². The monoisotopic (exact) mass is 266 g/mol. The van der Waals surface area contributed by atoms with Crippen LogP contribution in [0.25, 0.3) is 0 Å². The second-order valence-electron chi connectivity index (χ2n) is 4.95. The summed E-state index contributed by atoms with van der Waals surface area (Å²) in [5.41, 5.74) is 3.94. The molecule has 0 bridgehead atoms. The molecule has 0 radical (unpaired) electrons. The average Bonchev–Trinajstić information content (AvgIpc) is 2.38. The number of rotatable bonds is 8. The summed E-state index contributed by atoms with van der Waals surface area (Å²) in [5.74, 6) is 6.55. The molecule has 2 unspecified atom stereocenters. The Morgan fingerprint density at radius 2 is 2.05 bits per heavy atom. The lowest BCUT2D eigenvalue weighted by molar-refractivity contribution is 0.0605. The van der Waals surface area contributed by atoms with E-state index in [9.17, 15) is 0 Å². The van der Waals surface area contributed by atoms with Gasteiger partial charge < -0.3 is 9.47 Å². The maximum absolute atomic E-state index is 5.71. The van der Waals surface area contributed by atoms with Crippen molar-refractivity contribution in [2.75, 3.05) is 7.11 Å². The van der Waals surface area contributed by atoms with Crippen molar-refractivity contribution in [3.05, 3.63) is 29.8 Å². The Balaban J connectivity index is 2.90. The molecule has 0 spiro atoms. The van der Waals surface area contributed by atoms with E-state index in [-0.39, 0.29) is 18.2 Å². The van der Waals surface area contributed by atoms with Crippen molar-refractivity contribution in [3.8, 4) is 5.75 Å². The average molecular weight is 266 g/mol. The molecule has 1 aromatic carbocycles. The zero-order valence-electron chi connectivity index (χ0n) is 12.3. The van der Waals surface area contributed by atoms with Gasteiger partial charge in [0.05, 0.1) is 18.2 Å². The summed E-state index contributed by atoms with van der Waals surface area (Å²) in [6.45, 7) is 6.17. The number of ether oxygens (including phenoxy) is 2. The predicted molar refractivity (Wildman–Crippen MR) is 78.0 cm³/mol. The number of hydrazine groups is 1. The van der Waals surface area contributed by atoms with E-state index in [2.05, 4.69) is 12.3 Å². The zero-order chi connectivity index (χ0) is 14.3. The van der Waals surface area contributed by atoms with Gasteiger partial charge in [0.15, 0.2) is 0 Å². The first-order valence-electron chi connectivity index (χ1n) is 6.87. The fraction of sp³-hybridized carbons (Fsp3) is 0.600. The smallest absolute Gasteiger partial charge is 0.120 e. The van der Waals surface area contributed by atoms with Gasteiger partial charge in [-0.1, -0.05) is 25.5 Å². The van der Waals surface area contributed by atoms with E-state index >= 15 is 0 Å². The minimum Gasteiger partial charge on any atom is -0.491 e. The van der Waals surface area contributed by atoms with E-state index in [1.807, 2.05) is 38.1 Å².